The van der Waals surface area contributed by atoms with E-state index in [0.717, 1.165) is 21.7 Å². The van der Waals surface area contributed by atoms with E-state index in [-0.39, 0.29) is 12.5 Å². The smallest absolute Gasteiger partial charge is 0.293 e. The van der Waals surface area contributed by atoms with Gasteiger partial charge in [0, 0.05) is 26.0 Å². The van der Waals surface area contributed by atoms with Crippen LogP contribution >= 0.6 is 11.6 Å². The first kappa shape index (κ1) is 14.7. The summed E-state index contributed by atoms with van der Waals surface area (Å²) in [4.78, 5) is 13.7. The van der Waals surface area contributed by atoms with Gasteiger partial charge in [-0.1, -0.05) is 23.7 Å². The van der Waals surface area contributed by atoms with Gasteiger partial charge in [-0.2, -0.15) is 4.74 Å². The van der Waals surface area contributed by atoms with Gasteiger partial charge in [-0.3, -0.25) is 4.79 Å². The summed E-state index contributed by atoms with van der Waals surface area (Å²) in [5.41, 5.74) is 3.46. The predicted octanol–water partition coefficient (Wildman–Crippen LogP) is 2.31. The normalized spacial score (nSPS) is 15.1. The third-order valence-corrected chi connectivity index (χ3v) is 4.42. The van der Waals surface area contributed by atoms with Crippen molar-refractivity contribution in [3.8, 4) is 0 Å². The lowest BCUT2D eigenvalue weighted by Crippen LogP contribution is -2.31. The number of aryl methyl sites for hydroxylation is 1. The van der Waals surface area contributed by atoms with Crippen LogP contribution in [0.2, 0.25) is 5.02 Å². The van der Waals surface area contributed by atoms with Crippen molar-refractivity contribution in [2.75, 3.05) is 18.5 Å². The highest BCUT2D eigenvalue weighted by atomic mass is 35.5. The van der Waals surface area contributed by atoms with Crippen LogP contribution < -0.4 is 4.90 Å². The van der Waals surface area contributed by atoms with Crippen LogP contribution in [0.25, 0.3) is 0 Å². The molecule has 0 fully saturated rings. The third kappa shape index (κ3) is 2.09. The number of aromatic nitrogens is 1. The Hall–Kier alpha value is -2.27. The Kier molecular flexibility index (Phi) is 3.45. The van der Waals surface area contributed by atoms with Crippen LogP contribution in [0.3, 0.4) is 0 Å². The van der Waals surface area contributed by atoms with Crippen LogP contribution in [0.1, 0.15) is 16.8 Å². The summed E-state index contributed by atoms with van der Waals surface area (Å²) >= 11 is 6.28. The number of carbonyl (C=O) groups is 1. The fourth-order valence-corrected chi connectivity index (χ4v) is 2.97. The highest BCUT2D eigenvalue weighted by Gasteiger charge is 2.33. The molecule has 6 heteroatoms. The van der Waals surface area contributed by atoms with E-state index in [1.807, 2.05) is 36.9 Å². The van der Waals surface area contributed by atoms with Crippen molar-refractivity contribution in [1.29, 1.82) is 0 Å². The van der Waals surface area contributed by atoms with Gasteiger partial charge in [0.15, 0.2) is 0 Å². The fourth-order valence-electron chi connectivity index (χ4n) is 2.74. The molecule has 0 N–H and O–H groups in total. The zero-order chi connectivity index (χ0) is 16.0. The molecule has 1 aromatic carbocycles. The van der Waals surface area contributed by atoms with E-state index < -0.39 is 0 Å². The molecule has 0 atom stereocenters. The molecular formula is C16H16ClN3O2. The molecule has 1 aromatic heterocycles. The molecule has 0 unspecified atom stereocenters. The summed E-state index contributed by atoms with van der Waals surface area (Å²) in [6.45, 7) is 1.70. The summed E-state index contributed by atoms with van der Waals surface area (Å²) in [7, 11) is 3.58. The molecule has 1 amide bonds. The van der Waals surface area contributed by atoms with Crippen molar-refractivity contribution in [3.63, 3.8) is 0 Å². The molecular weight excluding hydrogens is 302 g/mol. The lowest BCUT2D eigenvalue weighted by Gasteiger charge is -2.12. The molecule has 0 spiro atoms. The first-order valence-electron chi connectivity index (χ1n) is 6.91. The number of carbonyl (C=O) groups excluding carboxylic acids is 1. The van der Waals surface area contributed by atoms with E-state index in [9.17, 15) is 10.0 Å². The maximum Gasteiger partial charge on any atom is 0.293 e. The standard InChI is InChI=1S/C16H16ClN3O2/c1-10-15-13(8-18(10)2)19(3)14(21)9-20(22)16(15)11-6-4-5-7-12(11)17/h4-8H,9H2,1-3H3. The zero-order valence-corrected chi connectivity index (χ0v) is 13.4. The van der Waals surface area contributed by atoms with Crippen molar-refractivity contribution in [2.24, 2.45) is 7.05 Å². The Labute approximate surface area is 133 Å². The first-order chi connectivity index (χ1) is 10.4. The van der Waals surface area contributed by atoms with Crippen LogP contribution in [-0.2, 0) is 11.8 Å². The monoisotopic (exact) mass is 317 g/mol. The van der Waals surface area contributed by atoms with E-state index in [1.54, 1.807) is 19.2 Å². The number of hydrogen-bond donors (Lipinski definition) is 0. The van der Waals surface area contributed by atoms with Crippen molar-refractivity contribution in [3.05, 3.63) is 57.5 Å². The van der Waals surface area contributed by atoms with Gasteiger partial charge in [-0.05, 0) is 19.1 Å². The summed E-state index contributed by atoms with van der Waals surface area (Å²) in [6.07, 6.45) is 1.86. The largest absolute Gasteiger partial charge is 0.623 e. The molecule has 114 valence electrons. The highest BCUT2D eigenvalue weighted by Crippen LogP contribution is 2.31. The van der Waals surface area contributed by atoms with Crippen LogP contribution in [0.5, 0.6) is 0 Å². The number of nitrogens with zero attached hydrogens (tertiary/aromatic N) is 3. The van der Waals surface area contributed by atoms with Crippen LogP contribution in [-0.4, -0.2) is 34.5 Å². The Morgan fingerprint density at radius 3 is 2.64 bits per heavy atom. The minimum atomic E-state index is -0.246. The molecule has 2 aromatic rings. The van der Waals surface area contributed by atoms with Gasteiger partial charge in [-0.25, -0.2) is 0 Å². The van der Waals surface area contributed by atoms with Crippen molar-refractivity contribution >= 4 is 28.9 Å². The van der Waals surface area contributed by atoms with Gasteiger partial charge in [0.05, 0.1) is 21.8 Å². The third-order valence-electron chi connectivity index (χ3n) is 4.09. The average Bonchev–Trinajstić information content (AvgIpc) is 2.72. The highest BCUT2D eigenvalue weighted by molar-refractivity contribution is 6.35. The number of rotatable bonds is 1. The van der Waals surface area contributed by atoms with Crippen LogP contribution in [0.15, 0.2) is 30.5 Å². The summed E-state index contributed by atoms with van der Waals surface area (Å²) in [5.74, 6) is -0.246. The molecule has 5 nitrogen and oxygen atoms in total. The first-order valence-corrected chi connectivity index (χ1v) is 7.29. The maximum absolute atomic E-state index is 12.6. The zero-order valence-electron chi connectivity index (χ0n) is 12.6. The quantitative estimate of drug-likeness (QED) is 0.598. The number of amides is 1. The van der Waals surface area contributed by atoms with Gasteiger partial charge < -0.3 is 14.7 Å². The van der Waals surface area contributed by atoms with Gasteiger partial charge >= 0.3 is 0 Å². The molecule has 0 bridgehead atoms. The Bertz CT molecular complexity index is 808. The maximum atomic E-state index is 12.6. The second-order valence-electron chi connectivity index (χ2n) is 5.40. The van der Waals surface area contributed by atoms with E-state index in [4.69, 9.17) is 11.6 Å². The summed E-state index contributed by atoms with van der Waals surface area (Å²) < 4.78 is 2.64. The number of benzene rings is 1. The molecule has 0 radical (unpaired) electrons. The van der Waals surface area contributed by atoms with E-state index in [2.05, 4.69) is 0 Å². The number of fused-ring (bicyclic) bond motifs is 1. The van der Waals surface area contributed by atoms with Gasteiger partial charge in [0.2, 0.25) is 12.3 Å². The molecule has 22 heavy (non-hydrogen) atoms. The van der Waals surface area contributed by atoms with Crippen molar-refractivity contribution in [2.45, 2.75) is 6.92 Å². The number of anilines is 1. The molecule has 0 saturated carbocycles. The van der Waals surface area contributed by atoms with Gasteiger partial charge in [0.1, 0.15) is 0 Å². The summed E-state index contributed by atoms with van der Waals surface area (Å²) in [6, 6.07) is 7.19. The van der Waals surface area contributed by atoms with E-state index in [0.29, 0.717) is 16.3 Å². The second kappa shape index (κ2) is 5.18. The fraction of sp³-hybridized carbons (Fsp3) is 0.250. The molecule has 1 aliphatic rings. The molecule has 3 rings (SSSR count). The topological polar surface area (TPSA) is 51.3 Å². The molecule has 2 heterocycles. The lowest BCUT2D eigenvalue weighted by atomic mass is 10.0. The van der Waals surface area contributed by atoms with Crippen LogP contribution in [0.4, 0.5) is 5.69 Å². The number of hydrogen-bond acceptors (Lipinski definition) is 2. The number of halogens is 1. The van der Waals surface area contributed by atoms with Gasteiger partial charge in [-0.15, -0.1) is 0 Å². The average molecular weight is 318 g/mol. The minimum Gasteiger partial charge on any atom is -0.623 e. The second-order valence-corrected chi connectivity index (χ2v) is 5.81. The molecule has 0 saturated heterocycles. The van der Waals surface area contributed by atoms with E-state index in [1.165, 1.54) is 4.90 Å². The van der Waals surface area contributed by atoms with Gasteiger partial charge in [0.25, 0.3) is 5.91 Å². The van der Waals surface area contributed by atoms with E-state index >= 15 is 0 Å². The predicted molar refractivity (Wildman–Crippen MR) is 86.7 cm³/mol. The summed E-state index contributed by atoms with van der Waals surface area (Å²) in [5, 5.41) is 13.1. The number of likely N-dealkylation sites (N-methyl/N-ethyl adjacent to an activating group) is 1. The minimum absolute atomic E-state index is 0.227. The Balaban J connectivity index is 2.37. The van der Waals surface area contributed by atoms with Crippen molar-refractivity contribution < 1.29 is 9.53 Å². The molecule has 1 aliphatic heterocycles. The SMILES string of the molecule is Cc1c2c(cn1C)N(C)C(=O)C[N+]([O-])=C2c1ccccc1Cl. The lowest BCUT2D eigenvalue weighted by molar-refractivity contribution is -0.443. The van der Waals surface area contributed by atoms with Crippen molar-refractivity contribution in [1.82, 2.24) is 4.57 Å². The van der Waals surface area contributed by atoms with Crippen LogP contribution in [0, 0.1) is 12.1 Å². The Morgan fingerprint density at radius 2 is 1.95 bits per heavy atom. The number of hydroxylamine groups is 1. The molecule has 0 aliphatic carbocycles. The Morgan fingerprint density at radius 1 is 1.27 bits per heavy atom.